The summed E-state index contributed by atoms with van der Waals surface area (Å²) in [6, 6.07) is 15.5. The molecule has 11 heteroatoms. The number of carbonyl (C=O) groups excluding carboxylic acids is 1. The summed E-state index contributed by atoms with van der Waals surface area (Å²) < 4.78 is 21.2. The molecular formula is C34H32FN7O2S. The Bertz CT molecular complexity index is 1990. The average molecular weight is 622 g/mol. The molecule has 2 aromatic carbocycles. The Morgan fingerprint density at radius 3 is 2.80 bits per heavy atom. The van der Waals surface area contributed by atoms with Crippen LogP contribution in [0.4, 0.5) is 21.7 Å². The Morgan fingerprint density at radius 2 is 2.02 bits per heavy atom. The molecule has 228 valence electrons. The fraction of sp³-hybridized carbons (Fsp3) is 0.265. The number of pyridine rings is 1. The van der Waals surface area contributed by atoms with Crippen molar-refractivity contribution in [1.29, 1.82) is 0 Å². The van der Waals surface area contributed by atoms with Gasteiger partial charge < -0.3 is 15.5 Å². The third kappa shape index (κ3) is 5.76. The quantitative estimate of drug-likeness (QED) is 0.210. The Balaban J connectivity index is 1.27. The maximum absolute atomic E-state index is 15.3. The summed E-state index contributed by atoms with van der Waals surface area (Å²) >= 11 is 1.41. The van der Waals surface area contributed by atoms with Gasteiger partial charge in [-0.3, -0.25) is 14.2 Å². The number of hydrogen-bond acceptors (Lipinski definition) is 9. The molecule has 1 aliphatic carbocycles. The first kappa shape index (κ1) is 29.0. The maximum Gasteiger partial charge on any atom is 0.263 e. The SMILES string of the molecule is CC1CNCCN1c1ccc(Nc2ncc3cc(C(=O)c4ccccc4)c(=O)n(Cc4cnsc4C4=CCCC4)c3n2)cc1F. The van der Waals surface area contributed by atoms with E-state index in [0.717, 1.165) is 49.3 Å². The third-order valence-corrected chi connectivity index (χ3v) is 9.35. The van der Waals surface area contributed by atoms with Crippen molar-refractivity contribution in [2.24, 2.45) is 0 Å². The van der Waals surface area contributed by atoms with E-state index < -0.39 is 5.56 Å². The number of nitrogens with zero attached hydrogens (tertiary/aromatic N) is 5. The largest absolute Gasteiger partial charge is 0.364 e. The number of ketones is 1. The van der Waals surface area contributed by atoms with Crippen LogP contribution in [0.15, 0.2) is 77.9 Å². The maximum atomic E-state index is 15.3. The van der Waals surface area contributed by atoms with Gasteiger partial charge in [0.05, 0.1) is 22.7 Å². The molecule has 5 aromatic rings. The average Bonchev–Trinajstić information content (AvgIpc) is 3.76. The number of benzene rings is 2. The van der Waals surface area contributed by atoms with Crippen LogP contribution in [0.5, 0.6) is 0 Å². The summed E-state index contributed by atoms with van der Waals surface area (Å²) in [5.41, 5.74) is 3.56. The van der Waals surface area contributed by atoms with Gasteiger partial charge in [-0.25, -0.2) is 13.7 Å². The fourth-order valence-electron chi connectivity index (χ4n) is 6.10. The van der Waals surface area contributed by atoms with Crippen LogP contribution in [0.1, 0.15) is 52.5 Å². The molecule has 2 aliphatic rings. The van der Waals surface area contributed by atoms with Crippen molar-refractivity contribution < 1.29 is 9.18 Å². The Morgan fingerprint density at radius 1 is 1.16 bits per heavy atom. The number of anilines is 3. The zero-order chi connectivity index (χ0) is 30.9. The second-order valence-electron chi connectivity index (χ2n) is 11.5. The molecule has 0 amide bonds. The molecule has 1 fully saturated rings. The van der Waals surface area contributed by atoms with Crippen LogP contribution in [0, 0.1) is 5.82 Å². The van der Waals surface area contributed by atoms with Gasteiger partial charge in [0, 0.05) is 60.3 Å². The number of aromatic nitrogens is 4. The molecule has 0 spiro atoms. The lowest BCUT2D eigenvalue weighted by Gasteiger charge is -2.36. The highest BCUT2D eigenvalue weighted by molar-refractivity contribution is 7.07. The van der Waals surface area contributed by atoms with Gasteiger partial charge in [-0.15, -0.1) is 0 Å². The highest BCUT2D eigenvalue weighted by Gasteiger charge is 2.23. The van der Waals surface area contributed by atoms with E-state index in [-0.39, 0.29) is 35.7 Å². The molecule has 2 N–H and O–H groups in total. The topological polar surface area (TPSA) is 105 Å². The number of allylic oxidation sites excluding steroid dienone is 2. The van der Waals surface area contributed by atoms with Crippen LogP contribution < -0.4 is 21.1 Å². The Hall–Kier alpha value is -4.74. The number of fused-ring (bicyclic) bond motifs is 1. The molecule has 3 aromatic heterocycles. The third-order valence-electron chi connectivity index (χ3n) is 8.43. The zero-order valence-corrected chi connectivity index (χ0v) is 25.6. The molecule has 9 nitrogen and oxygen atoms in total. The predicted molar refractivity (Wildman–Crippen MR) is 176 cm³/mol. The second kappa shape index (κ2) is 12.3. The second-order valence-corrected chi connectivity index (χ2v) is 12.3. The summed E-state index contributed by atoms with van der Waals surface area (Å²) in [7, 11) is 0. The van der Waals surface area contributed by atoms with E-state index in [1.54, 1.807) is 54.9 Å². The minimum atomic E-state index is -0.445. The van der Waals surface area contributed by atoms with Crippen LogP contribution in [0.3, 0.4) is 0 Å². The van der Waals surface area contributed by atoms with Gasteiger partial charge in [0.15, 0.2) is 5.78 Å². The lowest BCUT2D eigenvalue weighted by atomic mass is 10.0. The van der Waals surface area contributed by atoms with Crippen molar-refractivity contribution >= 4 is 51.2 Å². The fourth-order valence-corrected chi connectivity index (χ4v) is 6.93. The van der Waals surface area contributed by atoms with Gasteiger partial charge in [0.2, 0.25) is 5.95 Å². The number of halogens is 1. The Labute approximate surface area is 263 Å². The number of carbonyl (C=O) groups is 1. The number of nitrogens with one attached hydrogen (secondary N) is 2. The van der Waals surface area contributed by atoms with Gasteiger partial charge >= 0.3 is 0 Å². The molecule has 7 rings (SSSR count). The van der Waals surface area contributed by atoms with Crippen LogP contribution in [0.25, 0.3) is 16.6 Å². The molecule has 1 saturated heterocycles. The van der Waals surface area contributed by atoms with Crippen molar-refractivity contribution in [2.75, 3.05) is 29.9 Å². The van der Waals surface area contributed by atoms with E-state index in [0.29, 0.717) is 28.0 Å². The molecule has 1 unspecified atom stereocenters. The van der Waals surface area contributed by atoms with Crippen molar-refractivity contribution in [3.8, 4) is 0 Å². The van der Waals surface area contributed by atoms with Gasteiger partial charge in [-0.05, 0) is 67.6 Å². The van der Waals surface area contributed by atoms with Crippen molar-refractivity contribution in [3.05, 3.63) is 111 Å². The minimum absolute atomic E-state index is 0.0441. The van der Waals surface area contributed by atoms with E-state index in [4.69, 9.17) is 4.98 Å². The molecule has 0 saturated carbocycles. The zero-order valence-electron chi connectivity index (χ0n) is 24.8. The monoisotopic (exact) mass is 621 g/mol. The molecule has 1 atom stereocenters. The molecule has 4 heterocycles. The van der Waals surface area contributed by atoms with E-state index in [2.05, 4.69) is 37.9 Å². The number of rotatable bonds is 8. The van der Waals surface area contributed by atoms with E-state index in [9.17, 15) is 9.59 Å². The minimum Gasteiger partial charge on any atom is -0.364 e. The first-order valence-corrected chi connectivity index (χ1v) is 15.9. The lowest BCUT2D eigenvalue weighted by Crippen LogP contribution is -2.50. The molecule has 0 radical (unpaired) electrons. The van der Waals surface area contributed by atoms with Crippen molar-refractivity contribution in [1.82, 2.24) is 24.2 Å². The van der Waals surface area contributed by atoms with Crippen LogP contribution >= 0.6 is 11.5 Å². The highest BCUT2D eigenvalue weighted by atomic mass is 32.1. The summed E-state index contributed by atoms with van der Waals surface area (Å²) in [6.45, 7) is 4.58. The standard InChI is InChI=1S/C34H32FN7O2S/c1-21-17-36-13-14-41(21)29-12-11-26(16-28(29)35)39-34-37-18-24-15-27(30(43)22-7-3-2-4-8-22)33(44)42(32(24)40-34)20-25-19-38-45-31(25)23-9-5-6-10-23/h2-4,7-9,11-12,15-16,18-19,21,36H,5-6,10,13-14,17,20H2,1H3,(H,37,39,40). The molecule has 45 heavy (non-hydrogen) atoms. The van der Waals surface area contributed by atoms with E-state index in [1.165, 1.54) is 27.7 Å². The summed E-state index contributed by atoms with van der Waals surface area (Å²) in [6.07, 6.45) is 8.68. The number of hydrogen-bond donors (Lipinski definition) is 2. The molecular weight excluding hydrogens is 589 g/mol. The molecule has 1 aliphatic heterocycles. The Kier molecular flexibility index (Phi) is 7.95. The van der Waals surface area contributed by atoms with Gasteiger partial charge in [0.25, 0.3) is 5.56 Å². The van der Waals surface area contributed by atoms with Crippen LogP contribution in [-0.4, -0.2) is 50.4 Å². The first-order valence-electron chi connectivity index (χ1n) is 15.1. The predicted octanol–water partition coefficient (Wildman–Crippen LogP) is 5.78. The molecule has 0 bridgehead atoms. The summed E-state index contributed by atoms with van der Waals surface area (Å²) in [5, 5.41) is 6.98. The smallest absolute Gasteiger partial charge is 0.263 e. The van der Waals surface area contributed by atoms with E-state index in [1.807, 2.05) is 6.07 Å². The van der Waals surface area contributed by atoms with Gasteiger partial charge in [0.1, 0.15) is 11.5 Å². The lowest BCUT2D eigenvalue weighted by molar-refractivity contribution is 0.103. The van der Waals surface area contributed by atoms with E-state index >= 15 is 4.39 Å². The van der Waals surface area contributed by atoms with Crippen LogP contribution in [-0.2, 0) is 6.54 Å². The first-order chi connectivity index (χ1) is 22.0. The van der Waals surface area contributed by atoms with Gasteiger partial charge in [-0.1, -0.05) is 36.4 Å². The van der Waals surface area contributed by atoms with Crippen molar-refractivity contribution in [3.63, 3.8) is 0 Å². The van der Waals surface area contributed by atoms with Crippen LogP contribution in [0.2, 0.25) is 0 Å². The summed E-state index contributed by atoms with van der Waals surface area (Å²) in [5.74, 6) is -0.494. The van der Waals surface area contributed by atoms with Gasteiger partial charge in [-0.2, -0.15) is 4.98 Å². The highest BCUT2D eigenvalue weighted by Crippen LogP contribution is 2.33. The summed E-state index contributed by atoms with van der Waals surface area (Å²) in [4.78, 5) is 39.9. The van der Waals surface area contributed by atoms with Crippen molar-refractivity contribution in [2.45, 2.75) is 38.8 Å². The normalized spacial score (nSPS) is 16.6. The number of piperazine rings is 1.